The fourth-order valence-corrected chi connectivity index (χ4v) is 2.71. The lowest BCUT2D eigenvalue weighted by Gasteiger charge is -2.41. The maximum atomic E-state index is 10.8. The van der Waals surface area contributed by atoms with Crippen LogP contribution in [0.4, 0.5) is 5.69 Å². The smallest absolute Gasteiger partial charge is 0.150 e. The SMILES string of the molecule is CCC1CN(c2ccc(C=O)cc2C)CCN1C. The van der Waals surface area contributed by atoms with E-state index in [1.54, 1.807) is 0 Å². The Labute approximate surface area is 109 Å². The van der Waals surface area contributed by atoms with E-state index in [9.17, 15) is 4.79 Å². The minimum absolute atomic E-state index is 0.629. The lowest BCUT2D eigenvalue weighted by molar-refractivity contribution is 0.112. The number of nitrogens with zero attached hydrogens (tertiary/aromatic N) is 2. The van der Waals surface area contributed by atoms with Crippen LogP contribution in [0.25, 0.3) is 0 Å². The monoisotopic (exact) mass is 246 g/mol. The van der Waals surface area contributed by atoms with Gasteiger partial charge in [-0.1, -0.05) is 6.92 Å². The van der Waals surface area contributed by atoms with Crippen LogP contribution < -0.4 is 4.90 Å². The fourth-order valence-electron chi connectivity index (χ4n) is 2.71. The van der Waals surface area contributed by atoms with E-state index in [-0.39, 0.29) is 0 Å². The molecule has 0 aromatic heterocycles. The quantitative estimate of drug-likeness (QED) is 0.765. The van der Waals surface area contributed by atoms with Gasteiger partial charge in [0.15, 0.2) is 0 Å². The average molecular weight is 246 g/mol. The maximum Gasteiger partial charge on any atom is 0.150 e. The van der Waals surface area contributed by atoms with E-state index < -0.39 is 0 Å². The number of rotatable bonds is 3. The Hall–Kier alpha value is -1.35. The van der Waals surface area contributed by atoms with E-state index in [1.165, 1.54) is 17.7 Å². The van der Waals surface area contributed by atoms with Crippen molar-refractivity contribution in [3.8, 4) is 0 Å². The Morgan fingerprint density at radius 3 is 2.78 bits per heavy atom. The molecular formula is C15H22N2O. The van der Waals surface area contributed by atoms with Crippen LogP contribution in [0.5, 0.6) is 0 Å². The molecule has 0 amide bonds. The van der Waals surface area contributed by atoms with Gasteiger partial charge in [-0.2, -0.15) is 0 Å². The van der Waals surface area contributed by atoms with Crippen LogP contribution in [0.15, 0.2) is 18.2 Å². The van der Waals surface area contributed by atoms with Gasteiger partial charge in [-0.15, -0.1) is 0 Å². The molecule has 1 atom stereocenters. The van der Waals surface area contributed by atoms with E-state index in [2.05, 4.69) is 36.8 Å². The number of benzene rings is 1. The molecule has 0 N–H and O–H groups in total. The Morgan fingerprint density at radius 2 is 2.17 bits per heavy atom. The van der Waals surface area contributed by atoms with Gasteiger partial charge in [0.05, 0.1) is 0 Å². The molecule has 1 unspecified atom stereocenters. The molecule has 0 radical (unpaired) electrons. The first-order chi connectivity index (χ1) is 8.65. The molecule has 1 fully saturated rings. The molecular weight excluding hydrogens is 224 g/mol. The molecule has 1 saturated heterocycles. The normalized spacial score (nSPS) is 21.1. The Kier molecular flexibility index (Phi) is 4.02. The van der Waals surface area contributed by atoms with Crippen LogP contribution in [-0.4, -0.2) is 43.9 Å². The van der Waals surface area contributed by atoms with Crippen LogP contribution in [0.3, 0.4) is 0 Å². The standard InChI is InChI=1S/C15H22N2O/c1-4-14-10-17(8-7-16(14)3)15-6-5-13(11-18)9-12(15)2/h5-6,9,11,14H,4,7-8,10H2,1-3H3. The van der Waals surface area contributed by atoms with Gasteiger partial charge in [0.25, 0.3) is 0 Å². The van der Waals surface area contributed by atoms with Crippen LogP contribution in [0.1, 0.15) is 29.3 Å². The molecule has 0 saturated carbocycles. The first-order valence-electron chi connectivity index (χ1n) is 6.66. The summed E-state index contributed by atoms with van der Waals surface area (Å²) in [6.07, 6.45) is 2.09. The zero-order chi connectivity index (χ0) is 13.1. The van der Waals surface area contributed by atoms with Gasteiger partial charge >= 0.3 is 0 Å². The predicted octanol–water partition coefficient (Wildman–Crippen LogP) is 2.34. The summed E-state index contributed by atoms with van der Waals surface area (Å²) >= 11 is 0. The first kappa shape index (κ1) is 13.1. The molecule has 1 heterocycles. The van der Waals surface area contributed by atoms with Crippen molar-refractivity contribution >= 4 is 12.0 Å². The second kappa shape index (κ2) is 5.53. The third kappa shape index (κ3) is 2.56. The van der Waals surface area contributed by atoms with Gasteiger partial charge in [-0.3, -0.25) is 9.69 Å². The molecule has 0 bridgehead atoms. The third-order valence-corrected chi connectivity index (χ3v) is 3.95. The average Bonchev–Trinajstić information content (AvgIpc) is 2.39. The molecule has 98 valence electrons. The minimum atomic E-state index is 0.629. The summed E-state index contributed by atoms with van der Waals surface area (Å²) in [5, 5.41) is 0. The number of hydrogen-bond donors (Lipinski definition) is 0. The van der Waals surface area contributed by atoms with Crippen molar-refractivity contribution in [3.63, 3.8) is 0 Å². The zero-order valence-electron chi connectivity index (χ0n) is 11.5. The summed E-state index contributed by atoms with van der Waals surface area (Å²) in [5.74, 6) is 0. The number of carbonyl (C=O) groups excluding carboxylic acids is 1. The highest BCUT2D eigenvalue weighted by atomic mass is 16.1. The summed E-state index contributed by atoms with van der Waals surface area (Å²) in [4.78, 5) is 15.6. The van der Waals surface area contributed by atoms with E-state index >= 15 is 0 Å². The van der Waals surface area contributed by atoms with Gasteiger partial charge in [0.2, 0.25) is 0 Å². The lowest BCUT2D eigenvalue weighted by Crippen LogP contribution is -2.51. The van der Waals surface area contributed by atoms with Gasteiger partial charge in [-0.05, 0) is 44.2 Å². The molecule has 3 nitrogen and oxygen atoms in total. The molecule has 0 spiro atoms. The van der Waals surface area contributed by atoms with Gasteiger partial charge in [0, 0.05) is 36.9 Å². The maximum absolute atomic E-state index is 10.8. The molecule has 3 heteroatoms. The highest BCUT2D eigenvalue weighted by Gasteiger charge is 2.23. The van der Waals surface area contributed by atoms with Crippen LogP contribution in [0, 0.1) is 6.92 Å². The molecule has 1 aliphatic heterocycles. The number of anilines is 1. The van der Waals surface area contributed by atoms with Crippen molar-refractivity contribution in [2.45, 2.75) is 26.3 Å². The van der Waals surface area contributed by atoms with Crippen LogP contribution in [-0.2, 0) is 0 Å². The largest absolute Gasteiger partial charge is 0.368 e. The summed E-state index contributed by atoms with van der Waals surface area (Å²) in [5.41, 5.74) is 3.23. The van der Waals surface area contributed by atoms with Gasteiger partial charge in [-0.25, -0.2) is 0 Å². The zero-order valence-corrected chi connectivity index (χ0v) is 11.5. The van der Waals surface area contributed by atoms with Crippen LogP contribution in [0.2, 0.25) is 0 Å². The minimum Gasteiger partial charge on any atom is -0.368 e. The number of likely N-dealkylation sites (N-methyl/N-ethyl adjacent to an activating group) is 1. The highest BCUT2D eigenvalue weighted by Crippen LogP contribution is 2.24. The third-order valence-electron chi connectivity index (χ3n) is 3.95. The molecule has 0 aliphatic carbocycles. The van der Waals surface area contributed by atoms with Crippen molar-refractivity contribution in [1.82, 2.24) is 4.90 Å². The number of aldehydes is 1. The van der Waals surface area contributed by atoms with E-state index in [4.69, 9.17) is 0 Å². The van der Waals surface area contributed by atoms with Crippen molar-refractivity contribution in [3.05, 3.63) is 29.3 Å². The molecule has 1 aromatic rings. The molecule has 1 aromatic carbocycles. The van der Waals surface area contributed by atoms with Gasteiger partial charge < -0.3 is 4.90 Å². The Morgan fingerprint density at radius 1 is 1.39 bits per heavy atom. The van der Waals surface area contributed by atoms with E-state index in [0.29, 0.717) is 6.04 Å². The number of hydrogen-bond acceptors (Lipinski definition) is 3. The second-order valence-corrected chi connectivity index (χ2v) is 5.15. The number of piperazine rings is 1. The summed E-state index contributed by atoms with van der Waals surface area (Å²) < 4.78 is 0. The summed E-state index contributed by atoms with van der Waals surface area (Å²) in [7, 11) is 2.20. The number of aryl methyl sites for hydroxylation is 1. The summed E-state index contributed by atoms with van der Waals surface area (Å²) in [6, 6.07) is 6.59. The van der Waals surface area contributed by atoms with E-state index in [1.807, 2.05) is 12.1 Å². The van der Waals surface area contributed by atoms with Crippen molar-refractivity contribution < 1.29 is 4.79 Å². The van der Waals surface area contributed by atoms with Crippen LogP contribution >= 0.6 is 0 Å². The fraction of sp³-hybridized carbons (Fsp3) is 0.533. The predicted molar refractivity (Wildman–Crippen MR) is 75.5 cm³/mol. The first-order valence-corrected chi connectivity index (χ1v) is 6.66. The molecule has 2 rings (SSSR count). The lowest BCUT2D eigenvalue weighted by atomic mass is 10.1. The Bertz CT molecular complexity index is 431. The van der Waals surface area contributed by atoms with Gasteiger partial charge in [0.1, 0.15) is 6.29 Å². The van der Waals surface area contributed by atoms with Crippen molar-refractivity contribution in [2.24, 2.45) is 0 Å². The summed E-state index contributed by atoms with van der Waals surface area (Å²) in [6.45, 7) is 7.57. The second-order valence-electron chi connectivity index (χ2n) is 5.15. The highest BCUT2D eigenvalue weighted by molar-refractivity contribution is 5.77. The topological polar surface area (TPSA) is 23.6 Å². The molecule has 18 heavy (non-hydrogen) atoms. The van der Waals surface area contributed by atoms with Crippen molar-refractivity contribution in [2.75, 3.05) is 31.6 Å². The van der Waals surface area contributed by atoms with Crippen molar-refractivity contribution in [1.29, 1.82) is 0 Å². The molecule has 1 aliphatic rings. The van der Waals surface area contributed by atoms with E-state index in [0.717, 1.165) is 31.5 Å². The Balaban J connectivity index is 2.19. The number of carbonyl (C=O) groups is 1.